The number of nitrogens with two attached hydrogens (primary N) is 1. The summed E-state index contributed by atoms with van der Waals surface area (Å²) in [6, 6.07) is 1.99. The molecule has 0 amide bonds. The predicted octanol–water partition coefficient (Wildman–Crippen LogP) is 2.11. The summed E-state index contributed by atoms with van der Waals surface area (Å²) in [7, 11) is -2.31. The van der Waals surface area contributed by atoms with Crippen LogP contribution in [0.25, 0.3) is 0 Å². The van der Waals surface area contributed by atoms with Crippen molar-refractivity contribution in [2.24, 2.45) is 5.92 Å². The van der Waals surface area contributed by atoms with Crippen LogP contribution in [0.3, 0.4) is 0 Å². The van der Waals surface area contributed by atoms with Crippen LogP contribution in [0, 0.1) is 11.7 Å². The standard InChI is InChI=1S/C13H18ClFN2O3S/c1-17(8-9-2-4-20-5-3-9)21(18,19)13-7-12(16)11(15)6-10(13)14/h6-7,9H,2-5,8,16H2,1H3. The van der Waals surface area contributed by atoms with Gasteiger partial charge >= 0.3 is 0 Å². The van der Waals surface area contributed by atoms with Crippen molar-refractivity contribution in [3.8, 4) is 0 Å². The molecule has 0 saturated carbocycles. The van der Waals surface area contributed by atoms with Crippen molar-refractivity contribution in [3.05, 3.63) is 23.0 Å². The van der Waals surface area contributed by atoms with Crippen molar-refractivity contribution in [2.75, 3.05) is 32.5 Å². The van der Waals surface area contributed by atoms with Gasteiger partial charge in [0.15, 0.2) is 0 Å². The number of sulfonamides is 1. The van der Waals surface area contributed by atoms with E-state index < -0.39 is 15.8 Å². The number of nitrogen functional groups attached to an aromatic ring is 1. The van der Waals surface area contributed by atoms with Gasteiger partial charge in [-0.1, -0.05) is 11.6 Å². The Labute approximate surface area is 128 Å². The van der Waals surface area contributed by atoms with Gasteiger partial charge in [-0.05, 0) is 30.9 Å². The van der Waals surface area contributed by atoms with Crippen molar-refractivity contribution < 1.29 is 17.5 Å². The number of ether oxygens (including phenoxy) is 1. The lowest BCUT2D eigenvalue weighted by atomic mass is 10.0. The third-order valence-corrected chi connectivity index (χ3v) is 5.88. The molecular weight excluding hydrogens is 319 g/mol. The summed E-state index contributed by atoms with van der Waals surface area (Å²) in [4.78, 5) is -0.169. The molecule has 0 atom stereocenters. The molecule has 1 aliphatic heterocycles. The van der Waals surface area contributed by atoms with E-state index in [-0.39, 0.29) is 21.5 Å². The second-order valence-corrected chi connectivity index (χ2v) is 7.57. The first-order valence-electron chi connectivity index (χ1n) is 6.61. The maximum Gasteiger partial charge on any atom is 0.244 e. The number of rotatable bonds is 4. The minimum absolute atomic E-state index is 0.166. The zero-order chi connectivity index (χ0) is 15.6. The lowest BCUT2D eigenvalue weighted by Crippen LogP contribution is -2.34. The molecule has 0 aromatic heterocycles. The molecule has 5 nitrogen and oxygen atoms in total. The molecule has 0 spiro atoms. The third kappa shape index (κ3) is 3.66. The summed E-state index contributed by atoms with van der Waals surface area (Å²) < 4.78 is 44.8. The third-order valence-electron chi connectivity index (χ3n) is 3.60. The summed E-state index contributed by atoms with van der Waals surface area (Å²) in [5.41, 5.74) is 5.20. The van der Waals surface area contributed by atoms with E-state index in [9.17, 15) is 12.8 Å². The molecule has 1 heterocycles. The molecule has 0 bridgehead atoms. The molecule has 0 aliphatic carbocycles. The van der Waals surface area contributed by atoms with Crippen LogP contribution in [0.1, 0.15) is 12.8 Å². The highest BCUT2D eigenvalue weighted by molar-refractivity contribution is 7.89. The van der Waals surface area contributed by atoms with Crippen LogP contribution < -0.4 is 5.73 Å². The molecule has 1 aliphatic rings. The minimum Gasteiger partial charge on any atom is -0.396 e. The minimum atomic E-state index is -3.79. The van der Waals surface area contributed by atoms with E-state index >= 15 is 0 Å². The lowest BCUT2D eigenvalue weighted by molar-refractivity contribution is 0.0620. The highest BCUT2D eigenvalue weighted by atomic mass is 35.5. The quantitative estimate of drug-likeness (QED) is 0.855. The van der Waals surface area contributed by atoms with E-state index in [4.69, 9.17) is 22.1 Å². The van der Waals surface area contributed by atoms with Crippen LogP contribution >= 0.6 is 11.6 Å². The molecule has 2 rings (SSSR count). The van der Waals surface area contributed by atoms with Crippen LogP contribution in [0.15, 0.2) is 17.0 Å². The van der Waals surface area contributed by atoms with E-state index in [0.717, 1.165) is 25.0 Å². The van der Waals surface area contributed by atoms with Crippen molar-refractivity contribution in [1.82, 2.24) is 4.31 Å². The number of nitrogens with zero attached hydrogens (tertiary/aromatic N) is 1. The number of benzene rings is 1. The summed E-state index contributed by atoms with van der Waals surface area (Å²) in [6.45, 7) is 1.66. The zero-order valence-electron chi connectivity index (χ0n) is 11.7. The Kier molecular flexibility index (Phi) is 5.08. The average Bonchev–Trinajstić information content (AvgIpc) is 2.43. The SMILES string of the molecule is CN(CC1CCOCC1)S(=O)(=O)c1cc(N)c(F)cc1Cl. The molecule has 1 aromatic carbocycles. The van der Waals surface area contributed by atoms with Gasteiger partial charge in [0.25, 0.3) is 0 Å². The highest BCUT2D eigenvalue weighted by Crippen LogP contribution is 2.29. The first kappa shape index (κ1) is 16.5. The summed E-state index contributed by atoms with van der Waals surface area (Å²) in [5, 5.41) is -0.166. The van der Waals surface area contributed by atoms with Gasteiger partial charge in [-0.2, -0.15) is 0 Å². The Morgan fingerprint density at radius 1 is 1.43 bits per heavy atom. The van der Waals surface area contributed by atoms with Crippen LogP contribution in [0.2, 0.25) is 5.02 Å². The highest BCUT2D eigenvalue weighted by Gasteiger charge is 2.27. The maximum absolute atomic E-state index is 13.3. The molecule has 0 unspecified atom stereocenters. The first-order chi connectivity index (χ1) is 9.82. The Morgan fingerprint density at radius 3 is 2.67 bits per heavy atom. The predicted molar refractivity (Wildman–Crippen MR) is 79.2 cm³/mol. The molecule has 0 radical (unpaired) electrons. The molecule has 1 aromatic rings. The van der Waals surface area contributed by atoms with Gasteiger partial charge in [0, 0.05) is 26.8 Å². The smallest absolute Gasteiger partial charge is 0.244 e. The number of halogens is 2. The Morgan fingerprint density at radius 2 is 2.05 bits per heavy atom. The van der Waals surface area contributed by atoms with E-state index in [1.165, 1.54) is 11.4 Å². The Bertz CT molecular complexity index is 618. The largest absolute Gasteiger partial charge is 0.396 e. The van der Waals surface area contributed by atoms with Crippen molar-refractivity contribution in [2.45, 2.75) is 17.7 Å². The van der Waals surface area contributed by atoms with Crippen molar-refractivity contribution >= 4 is 27.3 Å². The molecule has 21 heavy (non-hydrogen) atoms. The van der Waals surface area contributed by atoms with Crippen LogP contribution in [-0.2, 0) is 14.8 Å². The molecule has 8 heteroatoms. The topological polar surface area (TPSA) is 72.6 Å². The lowest BCUT2D eigenvalue weighted by Gasteiger charge is -2.27. The van der Waals surface area contributed by atoms with Gasteiger partial charge in [0.1, 0.15) is 10.7 Å². The first-order valence-corrected chi connectivity index (χ1v) is 8.42. The maximum atomic E-state index is 13.3. The van der Waals surface area contributed by atoms with Gasteiger partial charge in [0.05, 0.1) is 10.7 Å². The van der Waals surface area contributed by atoms with Gasteiger partial charge in [-0.15, -0.1) is 0 Å². The van der Waals surface area contributed by atoms with Gasteiger partial charge in [-0.3, -0.25) is 0 Å². The van der Waals surface area contributed by atoms with E-state index in [2.05, 4.69) is 0 Å². The number of hydrogen-bond acceptors (Lipinski definition) is 4. The fourth-order valence-electron chi connectivity index (χ4n) is 2.30. The molecule has 2 N–H and O–H groups in total. The second kappa shape index (κ2) is 6.48. The van der Waals surface area contributed by atoms with Gasteiger partial charge < -0.3 is 10.5 Å². The van der Waals surface area contributed by atoms with Gasteiger partial charge in [0.2, 0.25) is 10.0 Å². The molecule has 1 fully saturated rings. The zero-order valence-corrected chi connectivity index (χ0v) is 13.3. The fourth-order valence-corrected chi connectivity index (χ4v) is 4.07. The summed E-state index contributed by atoms with van der Waals surface area (Å²) in [6.07, 6.45) is 1.64. The monoisotopic (exact) mass is 336 g/mol. The van der Waals surface area contributed by atoms with Crippen LogP contribution in [0.4, 0.5) is 10.1 Å². The Balaban J connectivity index is 2.22. The van der Waals surface area contributed by atoms with E-state index in [1.807, 2.05) is 0 Å². The fraction of sp³-hybridized carbons (Fsp3) is 0.538. The average molecular weight is 337 g/mol. The number of anilines is 1. The normalized spacial score (nSPS) is 17.3. The second-order valence-electron chi connectivity index (χ2n) is 5.15. The summed E-state index contributed by atoms with van der Waals surface area (Å²) in [5.74, 6) is -0.485. The molecular formula is C13H18ClFN2O3S. The summed E-state index contributed by atoms with van der Waals surface area (Å²) >= 11 is 5.85. The molecule has 118 valence electrons. The molecule has 1 saturated heterocycles. The van der Waals surface area contributed by atoms with Gasteiger partial charge in [-0.25, -0.2) is 17.1 Å². The van der Waals surface area contributed by atoms with Crippen molar-refractivity contribution in [3.63, 3.8) is 0 Å². The Hall–Kier alpha value is -0.890. The van der Waals surface area contributed by atoms with E-state index in [1.54, 1.807) is 0 Å². The number of hydrogen-bond donors (Lipinski definition) is 1. The van der Waals surface area contributed by atoms with Crippen LogP contribution in [-0.4, -0.2) is 39.5 Å². The van der Waals surface area contributed by atoms with Crippen molar-refractivity contribution in [1.29, 1.82) is 0 Å². The van der Waals surface area contributed by atoms with E-state index in [0.29, 0.717) is 19.8 Å². The van der Waals surface area contributed by atoms with Crippen LogP contribution in [0.5, 0.6) is 0 Å².